The molecule has 0 spiro atoms. The van der Waals surface area contributed by atoms with Gasteiger partial charge < -0.3 is 10.2 Å². The van der Waals surface area contributed by atoms with Crippen molar-refractivity contribution in [2.24, 2.45) is 0 Å². The normalized spacial score (nSPS) is 15.1. The van der Waals surface area contributed by atoms with Crippen LogP contribution in [0.2, 0.25) is 15.1 Å². The molecule has 0 bridgehead atoms. The number of benzene rings is 2. The fourth-order valence-corrected chi connectivity index (χ4v) is 6.28. The van der Waals surface area contributed by atoms with Crippen LogP contribution in [-0.2, 0) is 26.2 Å². The summed E-state index contributed by atoms with van der Waals surface area (Å²) in [7, 11) is -3.86. The van der Waals surface area contributed by atoms with Crippen LogP contribution < -0.4 is 9.62 Å². The molecule has 0 radical (unpaired) electrons. The second kappa shape index (κ2) is 13.4. The Balaban J connectivity index is 1.97. The average Bonchev–Trinajstić information content (AvgIpc) is 2.85. The fraction of sp³-hybridized carbons (Fsp3) is 0.481. The molecule has 38 heavy (non-hydrogen) atoms. The molecule has 0 saturated heterocycles. The molecular formula is C27H34Cl3N3O4S. The number of anilines is 1. The van der Waals surface area contributed by atoms with Gasteiger partial charge in [0, 0.05) is 27.7 Å². The number of hydrogen-bond acceptors (Lipinski definition) is 4. The summed E-state index contributed by atoms with van der Waals surface area (Å²) in [6.45, 7) is 3.08. The Bertz CT molecular complexity index is 1270. The predicted octanol–water partition coefficient (Wildman–Crippen LogP) is 5.98. The van der Waals surface area contributed by atoms with Gasteiger partial charge >= 0.3 is 0 Å². The Morgan fingerprint density at radius 1 is 1.03 bits per heavy atom. The summed E-state index contributed by atoms with van der Waals surface area (Å²) in [5.74, 6) is -0.797. The first-order valence-corrected chi connectivity index (χ1v) is 15.7. The van der Waals surface area contributed by atoms with E-state index in [9.17, 15) is 18.0 Å². The predicted molar refractivity (Wildman–Crippen MR) is 154 cm³/mol. The van der Waals surface area contributed by atoms with Gasteiger partial charge in [0.05, 0.1) is 11.9 Å². The molecule has 2 amide bonds. The summed E-state index contributed by atoms with van der Waals surface area (Å²) < 4.78 is 26.7. The van der Waals surface area contributed by atoms with Crippen molar-refractivity contribution in [3.63, 3.8) is 0 Å². The standard InChI is InChI=1S/C27H34Cl3N3O4S/c1-4-24(27(35)31-22-8-6-5-7-9-22)32(16-19-11-13-20(28)14-23(19)30)26(34)17-33(38(3,36)37)25-15-21(29)12-10-18(25)2/h10-15,22,24H,4-9,16-17H2,1-3H3,(H,31,35). The summed E-state index contributed by atoms with van der Waals surface area (Å²) in [5, 5.41) is 4.25. The zero-order chi connectivity index (χ0) is 28.0. The van der Waals surface area contributed by atoms with E-state index in [1.165, 1.54) is 11.0 Å². The van der Waals surface area contributed by atoms with Crippen molar-refractivity contribution in [1.29, 1.82) is 0 Å². The van der Waals surface area contributed by atoms with Gasteiger partial charge in [0.1, 0.15) is 12.6 Å². The molecule has 1 aliphatic rings. The number of aryl methyl sites for hydroxylation is 1. The Morgan fingerprint density at radius 2 is 1.66 bits per heavy atom. The van der Waals surface area contributed by atoms with E-state index in [0.29, 0.717) is 38.3 Å². The van der Waals surface area contributed by atoms with Crippen LogP contribution in [0.4, 0.5) is 5.69 Å². The SMILES string of the molecule is CCC(C(=O)NC1CCCCC1)N(Cc1ccc(Cl)cc1Cl)C(=O)CN(c1cc(Cl)ccc1C)S(C)(=O)=O. The highest BCUT2D eigenvalue weighted by Crippen LogP contribution is 2.28. The number of nitrogens with zero attached hydrogens (tertiary/aromatic N) is 2. The van der Waals surface area contributed by atoms with E-state index in [1.54, 1.807) is 37.3 Å². The Hall–Kier alpha value is -2.00. The van der Waals surface area contributed by atoms with Crippen molar-refractivity contribution in [3.8, 4) is 0 Å². The van der Waals surface area contributed by atoms with Crippen LogP contribution in [0.15, 0.2) is 36.4 Å². The third kappa shape index (κ3) is 8.01. The average molecular weight is 603 g/mol. The molecule has 1 unspecified atom stereocenters. The van der Waals surface area contributed by atoms with E-state index in [-0.39, 0.29) is 18.5 Å². The third-order valence-electron chi connectivity index (χ3n) is 6.81. The largest absolute Gasteiger partial charge is 0.352 e. The first-order chi connectivity index (χ1) is 17.9. The molecule has 0 aromatic heterocycles. The molecule has 1 atom stereocenters. The quantitative estimate of drug-likeness (QED) is 0.363. The summed E-state index contributed by atoms with van der Waals surface area (Å²) in [5.41, 5.74) is 1.54. The summed E-state index contributed by atoms with van der Waals surface area (Å²) in [6.07, 6.45) is 6.41. The number of carbonyl (C=O) groups is 2. The number of amides is 2. The summed E-state index contributed by atoms with van der Waals surface area (Å²) in [4.78, 5) is 28.8. The number of rotatable bonds is 10. The monoisotopic (exact) mass is 601 g/mol. The topological polar surface area (TPSA) is 86.8 Å². The molecular weight excluding hydrogens is 569 g/mol. The Morgan fingerprint density at radius 3 is 2.26 bits per heavy atom. The van der Waals surface area contributed by atoms with Crippen LogP contribution in [-0.4, -0.2) is 50.0 Å². The minimum absolute atomic E-state index is 0.0115. The van der Waals surface area contributed by atoms with E-state index < -0.39 is 28.5 Å². The number of halogens is 3. The highest BCUT2D eigenvalue weighted by atomic mass is 35.5. The maximum absolute atomic E-state index is 13.9. The van der Waals surface area contributed by atoms with Gasteiger partial charge in [-0.15, -0.1) is 0 Å². The maximum Gasteiger partial charge on any atom is 0.244 e. The van der Waals surface area contributed by atoms with Gasteiger partial charge in [-0.2, -0.15) is 0 Å². The molecule has 1 N–H and O–H groups in total. The highest BCUT2D eigenvalue weighted by Gasteiger charge is 2.33. The lowest BCUT2D eigenvalue weighted by atomic mass is 9.95. The van der Waals surface area contributed by atoms with Gasteiger partial charge in [-0.1, -0.05) is 73.1 Å². The number of nitrogens with one attached hydrogen (secondary N) is 1. The fourth-order valence-electron chi connectivity index (χ4n) is 4.74. The molecule has 1 fully saturated rings. The zero-order valence-corrected chi connectivity index (χ0v) is 24.9. The second-order valence-corrected chi connectivity index (χ2v) is 12.9. The molecule has 1 saturated carbocycles. The van der Waals surface area contributed by atoms with E-state index in [0.717, 1.165) is 42.7 Å². The third-order valence-corrected chi connectivity index (χ3v) is 8.76. The molecule has 11 heteroatoms. The van der Waals surface area contributed by atoms with E-state index in [4.69, 9.17) is 34.8 Å². The number of sulfonamides is 1. The number of hydrogen-bond donors (Lipinski definition) is 1. The second-order valence-electron chi connectivity index (χ2n) is 9.73. The minimum Gasteiger partial charge on any atom is -0.352 e. The summed E-state index contributed by atoms with van der Waals surface area (Å²) >= 11 is 18.7. The Kier molecular flexibility index (Phi) is 10.7. The molecule has 0 aliphatic heterocycles. The molecule has 3 rings (SSSR count). The molecule has 0 heterocycles. The van der Waals surface area contributed by atoms with Crippen molar-refractivity contribution in [2.75, 3.05) is 17.1 Å². The van der Waals surface area contributed by atoms with E-state index in [1.807, 2.05) is 6.92 Å². The van der Waals surface area contributed by atoms with Crippen molar-refractivity contribution in [1.82, 2.24) is 10.2 Å². The van der Waals surface area contributed by atoms with Crippen LogP contribution in [0.25, 0.3) is 0 Å². The van der Waals surface area contributed by atoms with Gasteiger partial charge in [0.25, 0.3) is 0 Å². The van der Waals surface area contributed by atoms with Crippen molar-refractivity contribution in [2.45, 2.75) is 71.0 Å². The maximum atomic E-state index is 13.9. The van der Waals surface area contributed by atoms with Crippen molar-refractivity contribution in [3.05, 3.63) is 62.6 Å². The summed E-state index contributed by atoms with van der Waals surface area (Å²) in [6, 6.07) is 9.03. The molecule has 1 aliphatic carbocycles. The number of carbonyl (C=O) groups excluding carboxylic acids is 2. The molecule has 2 aromatic carbocycles. The lowest BCUT2D eigenvalue weighted by Crippen LogP contribution is -2.54. The van der Waals surface area contributed by atoms with Crippen molar-refractivity contribution >= 4 is 62.3 Å². The smallest absolute Gasteiger partial charge is 0.244 e. The lowest BCUT2D eigenvalue weighted by Gasteiger charge is -2.34. The first-order valence-electron chi connectivity index (χ1n) is 12.7. The lowest BCUT2D eigenvalue weighted by molar-refractivity contribution is -0.140. The minimum atomic E-state index is -3.86. The molecule has 7 nitrogen and oxygen atoms in total. The van der Waals surface area contributed by atoms with Crippen LogP contribution in [0.3, 0.4) is 0 Å². The van der Waals surface area contributed by atoms with Gasteiger partial charge in [-0.25, -0.2) is 8.42 Å². The van der Waals surface area contributed by atoms with E-state index >= 15 is 0 Å². The zero-order valence-electron chi connectivity index (χ0n) is 21.8. The van der Waals surface area contributed by atoms with Crippen LogP contribution >= 0.6 is 34.8 Å². The molecule has 208 valence electrons. The van der Waals surface area contributed by atoms with E-state index in [2.05, 4.69) is 5.32 Å². The first kappa shape index (κ1) is 30.5. The molecule has 2 aromatic rings. The highest BCUT2D eigenvalue weighted by molar-refractivity contribution is 7.92. The van der Waals surface area contributed by atoms with Gasteiger partial charge in [0.2, 0.25) is 21.8 Å². The van der Waals surface area contributed by atoms with Crippen LogP contribution in [0, 0.1) is 6.92 Å². The van der Waals surface area contributed by atoms with Gasteiger partial charge in [-0.05, 0) is 61.6 Å². The van der Waals surface area contributed by atoms with Gasteiger partial charge in [0.15, 0.2) is 0 Å². The van der Waals surface area contributed by atoms with Crippen LogP contribution in [0.5, 0.6) is 0 Å². The van der Waals surface area contributed by atoms with Crippen molar-refractivity contribution < 1.29 is 18.0 Å². The Labute approximate surface area is 240 Å². The van der Waals surface area contributed by atoms with Gasteiger partial charge in [-0.3, -0.25) is 13.9 Å². The van der Waals surface area contributed by atoms with Crippen LogP contribution in [0.1, 0.15) is 56.6 Å².